The van der Waals surface area contributed by atoms with E-state index in [0.29, 0.717) is 16.4 Å². The topological polar surface area (TPSA) is 9.23 Å². The van der Waals surface area contributed by atoms with Crippen LogP contribution in [0.15, 0.2) is 16.6 Å². The molecule has 1 aromatic rings. The van der Waals surface area contributed by atoms with E-state index in [-0.39, 0.29) is 5.75 Å². The van der Waals surface area contributed by atoms with Crippen LogP contribution in [0.4, 0.5) is 8.78 Å². The second-order valence-electron chi connectivity index (χ2n) is 2.21. The molecule has 13 heavy (non-hydrogen) atoms. The molecule has 1 nitrogen and oxygen atoms in total. The molecule has 0 aliphatic heterocycles. The zero-order valence-corrected chi connectivity index (χ0v) is 9.66. The summed E-state index contributed by atoms with van der Waals surface area (Å²) < 4.78 is 31.1. The summed E-state index contributed by atoms with van der Waals surface area (Å²) in [6, 6.07) is 2.45. The van der Waals surface area contributed by atoms with Crippen molar-refractivity contribution in [2.45, 2.75) is 0 Å². The van der Waals surface area contributed by atoms with Crippen LogP contribution in [0.2, 0.25) is 0 Å². The molecule has 0 aliphatic carbocycles. The maximum Gasteiger partial charge on any atom is 0.201 e. The van der Waals surface area contributed by atoms with Crippen LogP contribution in [0.5, 0.6) is 5.75 Å². The Labute approximate surface area is 91.3 Å². The predicted octanol–water partition coefficient (Wildman–Crippen LogP) is 3.50. The van der Waals surface area contributed by atoms with Crippen molar-refractivity contribution in [2.24, 2.45) is 0 Å². The van der Waals surface area contributed by atoms with Gasteiger partial charge in [0.25, 0.3) is 0 Å². The Morgan fingerprint density at radius 3 is 2.62 bits per heavy atom. The lowest BCUT2D eigenvalue weighted by Gasteiger charge is -2.07. The molecule has 0 bridgehead atoms. The van der Waals surface area contributed by atoms with E-state index in [4.69, 9.17) is 4.74 Å². The molecular weight excluding hydrogens is 310 g/mol. The number of ether oxygens (including phenoxy) is 1. The van der Waals surface area contributed by atoms with E-state index in [0.717, 1.165) is 6.07 Å². The molecule has 0 saturated heterocycles. The minimum atomic E-state index is -0.963. The van der Waals surface area contributed by atoms with E-state index in [1.54, 1.807) is 0 Å². The Hall–Kier alpha value is -0.160. The summed E-state index contributed by atoms with van der Waals surface area (Å²) in [5.41, 5.74) is 0. The fourth-order valence-corrected chi connectivity index (χ4v) is 1.36. The molecule has 0 aromatic heterocycles. The molecule has 0 unspecified atom stereocenters. The van der Waals surface area contributed by atoms with Crippen molar-refractivity contribution in [3.8, 4) is 5.75 Å². The van der Waals surface area contributed by atoms with E-state index in [1.165, 1.54) is 6.07 Å². The van der Waals surface area contributed by atoms with Crippen LogP contribution >= 0.6 is 31.9 Å². The maximum absolute atomic E-state index is 13.0. The summed E-state index contributed by atoms with van der Waals surface area (Å²) in [7, 11) is 0. The largest absolute Gasteiger partial charge is 0.488 e. The monoisotopic (exact) mass is 314 g/mol. The van der Waals surface area contributed by atoms with Gasteiger partial charge in [-0.05, 0) is 28.1 Å². The molecule has 5 heteroatoms. The van der Waals surface area contributed by atoms with E-state index in [1.807, 2.05) is 0 Å². The van der Waals surface area contributed by atoms with Crippen molar-refractivity contribution >= 4 is 31.9 Å². The second kappa shape index (κ2) is 4.91. The fraction of sp³-hybridized carbons (Fsp3) is 0.250. The first-order valence-corrected chi connectivity index (χ1v) is 5.40. The third-order valence-corrected chi connectivity index (χ3v) is 2.27. The smallest absolute Gasteiger partial charge is 0.201 e. The van der Waals surface area contributed by atoms with Crippen LogP contribution in [-0.2, 0) is 0 Å². The SMILES string of the molecule is Fc1ccc(Br)c(OCCBr)c1F. The molecule has 0 amide bonds. The van der Waals surface area contributed by atoms with E-state index < -0.39 is 11.6 Å². The minimum Gasteiger partial charge on any atom is -0.488 e. The number of alkyl halides is 1. The predicted molar refractivity (Wildman–Crippen MR) is 53.3 cm³/mol. The highest BCUT2D eigenvalue weighted by Gasteiger charge is 2.12. The van der Waals surface area contributed by atoms with Crippen molar-refractivity contribution in [3.63, 3.8) is 0 Å². The van der Waals surface area contributed by atoms with Crippen LogP contribution < -0.4 is 4.74 Å². The highest BCUT2D eigenvalue weighted by Crippen LogP contribution is 2.29. The molecule has 0 fully saturated rings. The number of rotatable bonds is 3. The standard InChI is InChI=1S/C8H6Br2F2O/c9-3-4-13-8-5(10)1-2-6(11)7(8)12/h1-2H,3-4H2. The second-order valence-corrected chi connectivity index (χ2v) is 3.86. The van der Waals surface area contributed by atoms with E-state index >= 15 is 0 Å². The molecule has 0 N–H and O–H groups in total. The third-order valence-electron chi connectivity index (χ3n) is 1.33. The molecule has 72 valence electrons. The Kier molecular flexibility index (Phi) is 4.12. The average molecular weight is 316 g/mol. The van der Waals surface area contributed by atoms with Gasteiger partial charge in [0.15, 0.2) is 11.6 Å². The van der Waals surface area contributed by atoms with Gasteiger partial charge in [-0.1, -0.05) is 15.9 Å². The zero-order chi connectivity index (χ0) is 9.84. The van der Waals surface area contributed by atoms with Crippen LogP contribution in [0.25, 0.3) is 0 Å². The Morgan fingerprint density at radius 2 is 2.00 bits per heavy atom. The first kappa shape index (κ1) is 10.9. The molecule has 0 heterocycles. The molecule has 1 rings (SSSR count). The molecule has 0 aliphatic rings. The number of halogens is 4. The summed E-state index contributed by atoms with van der Waals surface area (Å²) in [5, 5.41) is 0.565. The van der Waals surface area contributed by atoms with Crippen molar-refractivity contribution in [2.75, 3.05) is 11.9 Å². The van der Waals surface area contributed by atoms with E-state index in [9.17, 15) is 8.78 Å². The highest BCUT2D eigenvalue weighted by atomic mass is 79.9. The van der Waals surface area contributed by atoms with Gasteiger partial charge in [-0.3, -0.25) is 0 Å². The third kappa shape index (κ3) is 2.64. The van der Waals surface area contributed by atoms with Gasteiger partial charge in [0.2, 0.25) is 5.82 Å². The number of hydrogen-bond acceptors (Lipinski definition) is 1. The van der Waals surface area contributed by atoms with Gasteiger partial charge in [0.1, 0.15) is 0 Å². The quantitative estimate of drug-likeness (QED) is 0.613. The lowest BCUT2D eigenvalue weighted by molar-refractivity contribution is 0.315. The number of benzene rings is 1. The number of hydrogen-bond donors (Lipinski definition) is 0. The molecule has 0 radical (unpaired) electrons. The van der Waals surface area contributed by atoms with Crippen LogP contribution in [0.1, 0.15) is 0 Å². The van der Waals surface area contributed by atoms with Gasteiger partial charge in [-0.25, -0.2) is 4.39 Å². The Morgan fingerprint density at radius 1 is 1.31 bits per heavy atom. The molecule has 0 spiro atoms. The van der Waals surface area contributed by atoms with Gasteiger partial charge < -0.3 is 4.74 Å². The van der Waals surface area contributed by atoms with E-state index in [2.05, 4.69) is 31.9 Å². The fourth-order valence-electron chi connectivity index (χ4n) is 0.781. The summed E-state index contributed by atoms with van der Waals surface area (Å²) in [6.07, 6.45) is 0. The molecule has 0 atom stereocenters. The summed E-state index contributed by atoms with van der Waals surface area (Å²) >= 11 is 6.18. The molecule has 1 aromatic carbocycles. The minimum absolute atomic E-state index is 0.0838. The maximum atomic E-state index is 13.0. The zero-order valence-electron chi connectivity index (χ0n) is 6.49. The first-order chi connectivity index (χ1) is 6.16. The van der Waals surface area contributed by atoms with Crippen molar-refractivity contribution < 1.29 is 13.5 Å². The Balaban J connectivity index is 2.96. The molecule has 0 saturated carbocycles. The highest BCUT2D eigenvalue weighted by molar-refractivity contribution is 9.10. The van der Waals surface area contributed by atoms with Crippen LogP contribution in [0, 0.1) is 11.6 Å². The first-order valence-electron chi connectivity index (χ1n) is 3.49. The van der Waals surface area contributed by atoms with Gasteiger partial charge in [-0.2, -0.15) is 4.39 Å². The van der Waals surface area contributed by atoms with Gasteiger partial charge >= 0.3 is 0 Å². The van der Waals surface area contributed by atoms with Crippen LogP contribution in [-0.4, -0.2) is 11.9 Å². The van der Waals surface area contributed by atoms with Crippen molar-refractivity contribution in [1.82, 2.24) is 0 Å². The van der Waals surface area contributed by atoms with Gasteiger partial charge in [-0.15, -0.1) is 0 Å². The van der Waals surface area contributed by atoms with Crippen molar-refractivity contribution in [3.05, 3.63) is 28.2 Å². The normalized spacial score (nSPS) is 10.2. The summed E-state index contributed by atoms with van der Waals surface area (Å²) in [4.78, 5) is 0. The summed E-state index contributed by atoms with van der Waals surface area (Å²) in [6.45, 7) is 0.291. The Bertz CT molecular complexity index is 304. The lowest BCUT2D eigenvalue weighted by Crippen LogP contribution is -2.01. The molecular formula is C8H6Br2F2O. The summed E-state index contributed by atoms with van der Waals surface area (Å²) in [5.74, 6) is -1.96. The van der Waals surface area contributed by atoms with Gasteiger partial charge in [0, 0.05) is 5.33 Å². The van der Waals surface area contributed by atoms with Crippen LogP contribution in [0.3, 0.4) is 0 Å². The average Bonchev–Trinajstić information content (AvgIpc) is 2.12. The van der Waals surface area contributed by atoms with Gasteiger partial charge in [0.05, 0.1) is 11.1 Å². The lowest BCUT2D eigenvalue weighted by atomic mass is 10.3. The van der Waals surface area contributed by atoms with Crippen molar-refractivity contribution in [1.29, 1.82) is 0 Å².